The molecule has 1 N–H and O–H groups in total. The van der Waals surface area contributed by atoms with Gasteiger partial charge in [0.1, 0.15) is 0 Å². The van der Waals surface area contributed by atoms with Crippen LogP contribution in [-0.4, -0.2) is 30.4 Å². The maximum Gasteiger partial charge on any atom is 0.223 e. The van der Waals surface area contributed by atoms with Gasteiger partial charge in [-0.25, -0.2) is 0 Å². The molecule has 1 unspecified atom stereocenters. The van der Waals surface area contributed by atoms with Crippen molar-refractivity contribution in [3.8, 4) is 0 Å². The van der Waals surface area contributed by atoms with Gasteiger partial charge in [-0.15, -0.1) is 0 Å². The minimum atomic E-state index is 0.303. The van der Waals surface area contributed by atoms with Gasteiger partial charge in [0, 0.05) is 19.5 Å². The van der Waals surface area contributed by atoms with Crippen LogP contribution in [0.2, 0.25) is 0 Å². The van der Waals surface area contributed by atoms with Crippen LogP contribution in [-0.2, 0) is 11.3 Å². The van der Waals surface area contributed by atoms with E-state index in [0.717, 1.165) is 26.2 Å². The van der Waals surface area contributed by atoms with Gasteiger partial charge in [0.05, 0.1) is 0 Å². The van der Waals surface area contributed by atoms with E-state index in [1.54, 1.807) is 0 Å². The molecule has 1 amide bonds. The van der Waals surface area contributed by atoms with E-state index in [9.17, 15) is 4.79 Å². The molecule has 3 heteroatoms. The lowest BCUT2D eigenvalue weighted by atomic mass is 9.84. The summed E-state index contributed by atoms with van der Waals surface area (Å²) in [6.45, 7) is 10.2. The summed E-state index contributed by atoms with van der Waals surface area (Å²) in [6, 6.07) is 8.35. The van der Waals surface area contributed by atoms with Crippen LogP contribution >= 0.6 is 0 Å². The van der Waals surface area contributed by atoms with E-state index in [2.05, 4.69) is 50.4 Å². The second kappa shape index (κ2) is 8.33. The quantitative estimate of drug-likeness (QED) is 0.874. The summed E-state index contributed by atoms with van der Waals surface area (Å²) in [7, 11) is 0. The number of hydrogen-bond acceptors (Lipinski definition) is 2. The Labute approximate surface area is 135 Å². The summed E-state index contributed by atoms with van der Waals surface area (Å²) in [5, 5.41) is 3.40. The van der Waals surface area contributed by atoms with Gasteiger partial charge in [-0.1, -0.05) is 31.2 Å². The van der Waals surface area contributed by atoms with E-state index in [4.69, 9.17) is 0 Å². The highest BCUT2D eigenvalue weighted by Gasteiger charge is 2.24. The van der Waals surface area contributed by atoms with Crippen molar-refractivity contribution in [2.75, 3.05) is 19.6 Å². The minimum absolute atomic E-state index is 0.303. The molecule has 1 aliphatic rings. The zero-order valence-corrected chi connectivity index (χ0v) is 14.3. The van der Waals surface area contributed by atoms with Crippen molar-refractivity contribution in [2.45, 2.75) is 46.6 Å². The monoisotopic (exact) mass is 302 g/mol. The molecule has 1 aromatic carbocycles. The first-order valence-corrected chi connectivity index (χ1v) is 8.64. The van der Waals surface area contributed by atoms with Gasteiger partial charge in [-0.3, -0.25) is 4.79 Å². The van der Waals surface area contributed by atoms with Gasteiger partial charge in [0.25, 0.3) is 0 Å². The second-order valence-corrected chi connectivity index (χ2v) is 6.60. The molecule has 1 heterocycles. The number of nitrogens with one attached hydrogen (secondary N) is 1. The third-order valence-corrected chi connectivity index (χ3v) is 5.04. The highest BCUT2D eigenvalue weighted by atomic mass is 16.2. The molecule has 0 spiro atoms. The van der Waals surface area contributed by atoms with Crippen LogP contribution in [0.5, 0.6) is 0 Å². The molecule has 1 fully saturated rings. The van der Waals surface area contributed by atoms with E-state index in [-0.39, 0.29) is 0 Å². The van der Waals surface area contributed by atoms with Crippen molar-refractivity contribution >= 4 is 5.91 Å². The van der Waals surface area contributed by atoms with Crippen LogP contribution in [0.3, 0.4) is 0 Å². The Balaban J connectivity index is 1.92. The van der Waals surface area contributed by atoms with E-state index >= 15 is 0 Å². The molecular weight excluding hydrogens is 272 g/mol. The number of carbonyl (C=O) groups is 1. The predicted octanol–water partition coefficient (Wildman–Crippen LogP) is 3.37. The Kier molecular flexibility index (Phi) is 6.44. The highest BCUT2D eigenvalue weighted by molar-refractivity contribution is 5.76. The Bertz CT molecular complexity index is 480. The molecule has 2 rings (SSSR count). The van der Waals surface area contributed by atoms with Crippen LogP contribution < -0.4 is 5.32 Å². The molecule has 1 aliphatic heterocycles. The third-order valence-electron chi connectivity index (χ3n) is 5.04. The summed E-state index contributed by atoms with van der Waals surface area (Å²) in [4.78, 5) is 14.7. The van der Waals surface area contributed by atoms with E-state index in [1.165, 1.54) is 24.0 Å². The smallest absolute Gasteiger partial charge is 0.223 e. The number of carbonyl (C=O) groups excluding carboxylic acids is 1. The Morgan fingerprint density at radius 2 is 2.00 bits per heavy atom. The summed E-state index contributed by atoms with van der Waals surface area (Å²) in [6.07, 6.45) is 3.10. The molecule has 0 aromatic heterocycles. The van der Waals surface area contributed by atoms with Gasteiger partial charge < -0.3 is 10.2 Å². The zero-order valence-electron chi connectivity index (χ0n) is 14.3. The number of hydrogen-bond donors (Lipinski definition) is 1. The van der Waals surface area contributed by atoms with Crippen molar-refractivity contribution in [3.63, 3.8) is 0 Å². The van der Waals surface area contributed by atoms with E-state index in [1.807, 2.05) is 4.90 Å². The van der Waals surface area contributed by atoms with Gasteiger partial charge in [-0.2, -0.15) is 0 Å². The third kappa shape index (κ3) is 4.57. The van der Waals surface area contributed by atoms with Crippen molar-refractivity contribution in [1.82, 2.24) is 10.2 Å². The molecule has 0 radical (unpaired) electrons. The fourth-order valence-corrected chi connectivity index (χ4v) is 3.35. The molecule has 1 atom stereocenters. The SMILES string of the molecule is CCN(Cc1ccccc1C)C(=O)CC(C)C1CCNCC1. The molecule has 0 bridgehead atoms. The maximum absolute atomic E-state index is 12.7. The molecule has 1 aromatic rings. The van der Waals surface area contributed by atoms with Crippen LogP contribution in [0.1, 0.15) is 44.2 Å². The second-order valence-electron chi connectivity index (χ2n) is 6.60. The summed E-state index contributed by atoms with van der Waals surface area (Å²) in [5.74, 6) is 1.49. The van der Waals surface area contributed by atoms with Crippen molar-refractivity contribution < 1.29 is 4.79 Å². The van der Waals surface area contributed by atoms with Crippen molar-refractivity contribution in [2.24, 2.45) is 11.8 Å². The zero-order chi connectivity index (χ0) is 15.9. The van der Waals surface area contributed by atoms with Crippen LogP contribution in [0, 0.1) is 18.8 Å². The number of nitrogens with zero attached hydrogens (tertiary/aromatic N) is 1. The summed E-state index contributed by atoms with van der Waals surface area (Å²) in [5.41, 5.74) is 2.52. The highest BCUT2D eigenvalue weighted by Crippen LogP contribution is 2.25. The first-order chi connectivity index (χ1) is 10.6. The van der Waals surface area contributed by atoms with E-state index < -0.39 is 0 Å². The maximum atomic E-state index is 12.7. The molecule has 1 saturated heterocycles. The van der Waals surface area contributed by atoms with Gasteiger partial charge in [0.15, 0.2) is 0 Å². The Morgan fingerprint density at radius 1 is 1.32 bits per heavy atom. The minimum Gasteiger partial charge on any atom is -0.339 e. The summed E-state index contributed by atoms with van der Waals surface area (Å²) < 4.78 is 0. The molecule has 3 nitrogen and oxygen atoms in total. The molecule has 0 aliphatic carbocycles. The lowest BCUT2D eigenvalue weighted by Gasteiger charge is -2.30. The van der Waals surface area contributed by atoms with Crippen LogP contribution in [0.4, 0.5) is 0 Å². The molecule has 0 saturated carbocycles. The topological polar surface area (TPSA) is 32.3 Å². The number of aryl methyl sites for hydroxylation is 1. The first-order valence-electron chi connectivity index (χ1n) is 8.64. The average molecular weight is 302 g/mol. The molecule has 122 valence electrons. The van der Waals surface area contributed by atoms with E-state index in [0.29, 0.717) is 24.2 Å². The standard InChI is InChI=1S/C19H30N2O/c1-4-21(14-18-8-6-5-7-15(18)2)19(22)13-16(3)17-9-11-20-12-10-17/h5-8,16-17,20H,4,9-14H2,1-3H3. The lowest BCUT2D eigenvalue weighted by Crippen LogP contribution is -2.35. The van der Waals surface area contributed by atoms with Gasteiger partial charge in [0.2, 0.25) is 5.91 Å². The average Bonchev–Trinajstić information content (AvgIpc) is 2.54. The molecular formula is C19H30N2O. The Hall–Kier alpha value is -1.35. The van der Waals surface area contributed by atoms with Gasteiger partial charge in [-0.05, 0) is 62.7 Å². The first kappa shape index (κ1) is 17.0. The number of benzene rings is 1. The van der Waals surface area contributed by atoms with Crippen LogP contribution in [0.25, 0.3) is 0 Å². The van der Waals surface area contributed by atoms with Crippen LogP contribution in [0.15, 0.2) is 24.3 Å². The van der Waals surface area contributed by atoms with Crippen molar-refractivity contribution in [1.29, 1.82) is 0 Å². The number of rotatable bonds is 6. The fourth-order valence-electron chi connectivity index (χ4n) is 3.35. The fraction of sp³-hybridized carbons (Fsp3) is 0.632. The number of piperidine rings is 1. The van der Waals surface area contributed by atoms with Crippen molar-refractivity contribution in [3.05, 3.63) is 35.4 Å². The normalized spacial score (nSPS) is 17.2. The summed E-state index contributed by atoms with van der Waals surface area (Å²) >= 11 is 0. The number of amides is 1. The largest absolute Gasteiger partial charge is 0.339 e. The predicted molar refractivity (Wildman–Crippen MR) is 91.6 cm³/mol. The molecule has 22 heavy (non-hydrogen) atoms. The lowest BCUT2D eigenvalue weighted by molar-refractivity contribution is -0.133. The Morgan fingerprint density at radius 3 is 2.64 bits per heavy atom. The van der Waals surface area contributed by atoms with Gasteiger partial charge >= 0.3 is 0 Å².